The van der Waals surface area contributed by atoms with Crippen LogP contribution in [0.1, 0.15) is 29.2 Å². The Morgan fingerprint density at radius 1 is 1.08 bits per heavy atom. The molecule has 0 heterocycles. The molecule has 3 N–H and O–H groups in total. The van der Waals surface area contributed by atoms with Crippen LogP contribution in [0.15, 0.2) is 41.4 Å². The van der Waals surface area contributed by atoms with Gasteiger partial charge in [-0.25, -0.2) is 4.99 Å². The Morgan fingerprint density at radius 3 is 2.56 bits per heavy atom. The lowest BCUT2D eigenvalue weighted by atomic mass is 10.1. The van der Waals surface area contributed by atoms with Crippen molar-refractivity contribution in [3.8, 4) is 11.5 Å². The monoisotopic (exact) mass is 341 g/mol. The third kappa shape index (κ3) is 5.41. The SMILES string of the molecule is CCNC(=NCc1cc(OC)ccc1O)NCc1ccc(C)cc1C. The van der Waals surface area contributed by atoms with Crippen molar-refractivity contribution >= 4 is 5.96 Å². The fraction of sp³-hybridized carbons (Fsp3) is 0.350. The van der Waals surface area contributed by atoms with Gasteiger partial charge in [0.2, 0.25) is 0 Å². The Kier molecular flexibility index (Phi) is 6.69. The summed E-state index contributed by atoms with van der Waals surface area (Å²) in [6, 6.07) is 11.6. The van der Waals surface area contributed by atoms with Crippen LogP contribution in [0, 0.1) is 13.8 Å². The molecule has 0 aliphatic rings. The highest BCUT2D eigenvalue weighted by Crippen LogP contribution is 2.23. The summed E-state index contributed by atoms with van der Waals surface area (Å²) in [5.41, 5.74) is 4.48. The third-order valence-corrected chi connectivity index (χ3v) is 3.98. The predicted molar refractivity (Wildman–Crippen MR) is 102 cm³/mol. The van der Waals surface area contributed by atoms with Crippen LogP contribution in [0.25, 0.3) is 0 Å². The lowest BCUT2D eigenvalue weighted by Crippen LogP contribution is -2.36. The summed E-state index contributed by atoms with van der Waals surface area (Å²) in [4.78, 5) is 4.56. The molecule has 0 radical (unpaired) electrons. The van der Waals surface area contributed by atoms with Crippen molar-refractivity contribution in [1.82, 2.24) is 10.6 Å². The molecule has 25 heavy (non-hydrogen) atoms. The Morgan fingerprint density at radius 2 is 1.88 bits per heavy atom. The average molecular weight is 341 g/mol. The van der Waals surface area contributed by atoms with E-state index < -0.39 is 0 Å². The van der Waals surface area contributed by atoms with Crippen LogP contribution in [-0.4, -0.2) is 24.7 Å². The van der Waals surface area contributed by atoms with Crippen molar-refractivity contribution in [2.45, 2.75) is 33.9 Å². The number of hydrogen-bond donors (Lipinski definition) is 3. The van der Waals surface area contributed by atoms with Gasteiger partial charge < -0.3 is 20.5 Å². The van der Waals surface area contributed by atoms with Gasteiger partial charge in [0, 0.05) is 18.7 Å². The van der Waals surface area contributed by atoms with Crippen molar-refractivity contribution in [2.75, 3.05) is 13.7 Å². The minimum absolute atomic E-state index is 0.217. The van der Waals surface area contributed by atoms with Crippen LogP contribution < -0.4 is 15.4 Å². The van der Waals surface area contributed by atoms with E-state index in [1.54, 1.807) is 25.3 Å². The van der Waals surface area contributed by atoms with E-state index in [1.165, 1.54) is 16.7 Å². The summed E-state index contributed by atoms with van der Waals surface area (Å²) in [5.74, 6) is 1.63. The fourth-order valence-electron chi connectivity index (χ4n) is 2.54. The molecule has 0 atom stereocenters. The standard InChI is InChI=1S/C20H27N3O2/c1-5-21-20(22-12-16-7-6-14(2)10-15(16)3)23-13-17-11-18(25-4)8-9-19(17)24/h6-11,24H,5,12-13H2,1-4H3,(H2,21,22,23). The molecular weight excluding hydrogens is 314 g/mol. The van der Waals surface area contributed by atoms with Gasteiger partial charge in [0.25, 0.3) is 0 Å². The molecule has 0 unspecified atom stereocenters. The number of aryl methyl sites for hydroxylation is 2. The summed E-state index contributed by atoms with van der Waals surface area (Å²) in [6.07, 6.45) is 0. The second-order valence-electron chi connectivity index (χ2n) is 5.97. The maximum absolute atomic E-state index is 9.98. The van der Waals surface area contributed by atoms with Gasteiger partial charge in [0.05, 0.1) is 13.7 Å². The third-order valence-electron chi connectivity index (χ3n) is 3.98. The molecule has 0 bridgehead atoms. The van der Waals surface area contributed by atoms with Crippen LogP contribution in [0.3, 0.4) is 0 Å². The molecule has 5 heteroatoms. The van der Waals surface area contributed by atoms with E-state index in [-0.39, 0.29) is 5.75 Å². The van der Waals surface area contributed by atoms with Crippen LogP contribution in [0.2, 0.25) is 0 Å². The van der Waals surface area contributed by atoms with E-state index in [2.05, 4.69) is 47.7 Å². The van der Waals surface area contributed by atoms with E-state index in [0.29, 0.717) is 24.8 Å². The second kappa shape index (κ2) is 8.97. The molecular formula is C20H27N3O2. The first-order chi connectivity index (χ1) is 12.0. The van der Waals surface area contributed by atoms with Gasteiger partial charge in [0.1, 0.15) is 11.5 Å². The molecule has 5 nitrogen and oxygen atoms in total. The Hall–Kier alpha value is -2.69. The van der Waals surface area contributed by atoms with Crippen LogP contribution >= 0.6 is 0 Å². The number of methoxy groups -OCH3 is 1. The summed E-state index contributed by atoms with van der Waals surface area (Å²) in [7, 11) is 1.61. The molecule has 0 spiro atoms. The first-order valence-electron chi connectivity index (χ1n) is 8.47. The molecule has 0 amide bonds. The maximum Gasteiger partial charge on any atom is 0.191 e. The molecule has 0 fully saturated rings. The summed E-state index contributed by atoms with van der Waals surface area (Å²) >= 11 is 0. The van der Waals surface area contributed by atoms with Gasteiger partial charge in [-0.15, -0.1) is 0 Å². The highest BCUT2D eigenvalue weighted by molar-refractivity contribution is 5.79. The molecule has 0 aromatic heterocycles. The Balaban J connectivity index is 2.07. The number of hydrogen-bond acceptors (Lipinski definition) is 3. The highest BCUT2D eigenvalue weighted by Gasteiger charge is 2.05. The number of nitrogens with one attached hydrogen (secondary N) is 2. The van der Waals surface area contributed by atoms with Crippen LogP contribution in [-0.2, 0) is 13.1 Å². The van der Waals surface area contributed by atoms with Gasteiger partial charge >= 0.3 is 0 Å². The van der Waals surface area contributed by atoms with Crippen molar-refractivity contribution in [3.63, 3.8) is 0 Å². The number of phenols is 1. The van der Waals surface area contributed by atoms with E-state index in [9.17, 15) is 5.11 Å². The molecule has 134 valence electrons. The lowest BCUT2D eigenvalue weighted by Gasteiger charge is -2.13. The molecule has 2 aromatic rings. The van der Waals surface area contributed by atoms with Gasteiger partial charge in [0.15, 0.2) is 5.96 Å². The van der Waals surface area contributed by atoms with E-state index in [4.69, 9.17) is 4.74 Å². The first-order valence-corrected chi connectivity index (χ1v) is 8.47. The molecule has 2 rings (SSSR count). The fourth-order valence-corrected chi connectivity index (χ4v) is 2.54. The molecule has 2 aromatic carbocycles. The predicted octanol–water partition coefficient (Wildman–Crippen LogP) is 3.27. The number of aromatic hydroxyl groups is 1. The van der Waals surface area contributed by atoms with Gasteiger partial charge in [-0.2, -0.15) is 0 Å². The van der Waals surface area contributed by atoms with Gasteiger partial charge in [-0.1, -0.05) is 23.8 Å². The number of guanidine groups is 1. The lowest BCUT2D eigenvalue weighted by molar-refractivity contribution is 0.411. The van der Waals surface area contributed by atoms with Gasteiger partial charge in [-0.3, -0.25) is 0 Å². The van der Waals surface area contributed by atoms with Crippen molar-refractivity contribution in [2.24, 2.45) is 4.99 Å². The second-order valence-corrected chi connectivity index (χ2v) is 5.97. The Labute approximate surface area is 149 Å². The number of benzene rings is 2. The van der Waals surface area contributed by atoms with E-state index in [1.807, 2.05) is 6.92 Å². The average Bonchev–Trinajstić information content (AvgIpc) is 2.59. The smallest absolute Gasteiger partial charge is 0.191 e. The summed E-state index contributed by atoms with van der Waals surface area (Å²) < 4.78 is 5.20. The largest absolute Gasteiger partial charge is 0.508 e. The molecule has 0 aliphatic carbocycles. The molecule has 0 saturated carbocycles. The highest BCUT2D eigenvalue weighted by atomic mass is 16.5. The first kappa shape index (κ1) is 18.6. The minimum atomic E-state index is 0.217. The van der Waals surface area contributed by atoms with Crippen LogP contribution in [0.4, 0.5) is 0 Å². The van der Waals surface area contributed by atoms with E-state index >= 15 is 0 Å². The van der Waals surface area contributed by atoms with Crippen molar-refractivity contribution in [1.29, 1.82) is 0 Å². The number of aliphatic imine (C=N–C) groups is 1. The number of ether oxygens (including phenoxy) is 1. The maximum atomic E-state index is 9.98. The number of phenolic OH excluding ortho intramolecular Hbond substituents is 1. The summed E-state index contributed by atoms with van der Waals surface area (Å²) in [5, 5.41) is 16.5. The number of rotatable bonds is 6. The quantitative estimate of drug-likeness (QED) is 0.557. The Bertz CT molecular complexity index is 742. The zero-order valence-electron chi connectivity index (χ0n) is 15.4. The normalized spacial score (nSPS) is 11.3. The topological polar surface area (TPSA) is 65.9 Å². The minimum Gasteiger partial charge on any atom is -0.508 e. The molecule has 0 saturated heterocycles. The van der Waals surface area contributed by atoms with Gasteiger partial charge in [-0.05, 0) is 50.1 Å². The van der Waals surface area contributed by atoms with Crippen molar-refractivity contribution in [3.05, 3.63) is 58.7 Å². The van der Waals surface area contributed by atoms with Crippen LogP contribution in [0.5, 0.6) is 11.5 Å². The molecule has 0 aliphatic heterocycles. The summed E-state index contributed by atoms with van der Waals surface area (Å²) in [6.45, 7) is 8.06. The zero-order chi connectivity index (χ0) is 18.2. The number of nitrogens with zero attached hydrogens (tertiary/aromatic N) is 1. The van der Waals surface area contributed by atoms with Crippen molar-refractivity contribution < 1.29 is 9.84 Å². The van der Waals surface area contributed by atoms with E-state index in [0.717, 1.165) is 12.1 Å². The zero-order valence-corrected chi connectivity index (χ0v) is 15.4.